The second-order valence-corrected chi connectivity index (χ2v) is 15.5. The zero-order valence-corrected chi connectivity index (χ0v) is 29.1. The van der Waals surface area contributed by atoms with Crippen molar-refractivity contribution in [1.29, 1.82) is 0 Å². The summed E-state index contributed by atoms with van der Waals surface area (Å²) in [7, 11) is 0. The molecule has 2 amide bonds. The third kappa shape index (κ3) is 7.86. The molecule has 2 aromatic rings. The zero-order valence-electron chi connectivity index (χ0n) is 28.2. The fourth-order valence-electron chi connectivity index (χ4n) is 7.50. The number of nitrogens with one attached hydrogen (secondary N) is 1. The van der Waals surface area contributed by atoms with Gasteiger partial charge >= 0.3 is 0 Å². The Bertz CT molecular complexity index is 1470. The molecule has 0 aromatic heterocycles. The van der Waals surface area contributed by atoms with Gasteiger partial charge in [-0.3, -0.25) is 14.9 Å². The summed E-state index contributed by atoms with van der Waals surface area (Å²) in [5, 5.41) is 2.57. The van der Waals surface area contributed by atoms with E-state index in [0.29, 0.717) is 22.0 Å². The Morgan fingerprint density at radius 1 is 0.955 bits per heavy atom. The lowest BCUT2D eigenvalue weighted by Gasteiger charge is -2.41. The largest absolute Gasteiger partial charge is 0.288 e. The molecule has 5 rings (SSSR count). The Hall–Kier alpha value is -2.85. The molecule has 3 unspecified atom stereocenters. The molecule has 1 saturated carbocycles. The third-order valence-electron chi connectivity index (χ3n) is 10.1. The monoisotopic (exact) mass is 611 g/mol. The molecule has 0 spiro atoms. The first-order valence-electron chi connectivity index (χ1n) is 16.6. The molecule has 0 saturated heterocycles. The Morgan fingerprint density at radius 2 is 1.64 bits per heavy atom. The highest BCUT2D eigenvalue weighted by Gasteiger charge is 2.37. The first-order chi connectivity index (χ1) is 20.7. The van der Waals surface area contributed by atoms with E-state index in [2.05, 4.69) is 52.9 Å². The number of hydrogen-bond donors (Lipinski definition) is 2. The number of aryl methyl sites for hydroxylation is 2. The Kier molecular flexibility index (Phi) is 10.9. The van der Waals surface area contributed by atoms with Gasteiger partial charge in [0.25, 0.3) is 11.8 Å². The minimum atomic E-state index is -0.339. The maximum Gasteiger partial charge on any atom is 0.259 e. The van der Waals surface area contributed by atoms with Crippen LogP contribution in [0.5, 0.6) is 0 Å². The average Bonchev–Trinajstić information content (AvgIpc) is 3.13. The number of allylic oxidation sites excluding steroid dienone is 1. The van der Waals surface area contributed by atoms with E-state index in [0.717, 1.165) is 58.9 Å². The standard InChI is InChI=1S/C26H25NO2S.C14H28/c1-3-8-21(19-11-6-4-9-16(19)2)23-24(26(29)27-25(23)28)22-15-18(30)14-13-17-10-5-7-12-20(17)22;1-11-9-13(3,4)8-7-12(2)14(5,6)10-11/h4-12,15,18,30H,3,13-14H2,1-2H3,(H,27,28,29);11-12H,7-10H2,1-6H3/b21-8+;. The van der Waals surface area contributed by atoms with Crippen molar-refractivity contribution < 1.29 is 9.59 Å². The number of hydrogen-bond acceptors (Lipinski definition) is 3. The minimum absolute atomic E-state index is 0.0155. The van der Waals surface area contributed by atoms with Crippen molar-refractivity contribution in [2.75, 3.05) is 0 Å². The summed E-state index contributed by atoms with van der Waals surface area (Å²) in [6.45, 7) is 18.7. The van der Waals surface area contributed by atoms with E-state index in [1.165, 1.54) is 31.2 Å². The van der Waals surface area contributed by atoms with Crippen molar-refractivity contribution in [2.45, 2.75) is 106 Å². The summed E-state index contributed by atoms with van der Waals surface area (Å²) >= 11 is 4.72. The summed E-state index contributed by atoms with van der Waals surface area (Å²) in [6, 6.07) is 16.1. The first-order valence-corrected chi connectivity index (χ1v) is 17.1. The number of imide groups is 1. The summed E-state index contributed by atoms with van der Waals surface area (Å²) in [5.41, 5.74) is 7.88. The Labute approximate surface area is 272 Å². The highest BCUT2D eigenvalue weighted by atomic mass is 32.1. The number of rotatable bonds is 4. The van der Waals surface area contributed by atoms with Crippen molar-refractivity contribution in [2.24, 2.45) is 22.7 Å². The fraction of sp³-hybridized carbons (Fsp3) is 0.500. The maximum atomic E-state index is 13.1. The highest BCUT2D eigenvalue weighted by Crippen LogP contribution is 2.45. The SMILES string of the molecule is CC/C=C(/C1=C(C2=CC(S)CCc3ccccc32)C(=O)NC1=O)c1ccccc1C.CC1CC(C)(C)CCC(C)C(C)(C)C1. The van der Waals surface area contributed by atoms with Crippen LogP contribution < -0.4 is 5.32 Å². The maximum absolute atomic E-state index is 13.1. The lowest BCUT2D eigenvalue weighted by atomic mass is 9.64. The van der Waals surface area contributed by atoms with Gasteiger partial charge in [-0.2, -0.15) is 12.6 Å². The highest BCUT2D eigenvalue weighted by molar-refractivity contribution is 7.81. The van der Waals surface area contributed by atoms with Crippen LogP contribution in [0.2, 0.25) is 0 Å². The van der Waals surface area contributed by atoms with E-state index in [9.17, 15) is 9.59 Å². The molecule has 1 fully saturated rings. The van der Waals surface area contributed by atoms with Crippen LogP contribution >= 0.6 is 12.6 Å². The van der Waals surface area contributed by atoms with Gasteiger partial charge in [-0.05, 0) is 108 Å². The number of amides is 2. The third-order valence-corrected chi connectivity index (χ3v) is 10.5. The smallest absolute Gasteiger partial charge is 0.259 e. The molecule has 0 radical (unpaired) electrons. The van der Waals surface area contributed by atoms with E-state index in [-0.39, 0.29) is 17.1 Å². The van der Waals surface area contributed by atoms with Gasteiger partial charge in [-0.25, -0.2) is 0 Å². The molecule has 2 aliphatic carbocycles. The summed E-state index contributed by atoms with van der Waals surface area (Å²) in [5.74, 6) is 1.10. The van der Waals surface area contributed by atoms with Crippen LogP contribution in [-0.4, -0.2) is 17.1 Å². The lowest BCUT2D eigenvalue weighted by Crippen LogP contribution is -2.30. The number of carbonyl (C=O) groups excluding carboxylic acids is 2. The van der Waals surface area contributed by atoms with E-state index >= 15 is 0 Å². The van der Waals surface area contributed by atoms with E-state index < -0.39 is 0 Å². The van der Waals surface area contributed by atoms with Crippen molar-refractivity contribution in [3.63, 3.8) is 0 Å². The van der Waals surface area contributed by atoms with Gasteiger partial charge in [-0.1, -0.05) is 109 Å². The van der Waals surface area contributed by atoms with Crippen molar-refractivity contribution in [1.82, 2.24) is 5.32 Å². The van der Waals surface area contributed by atoms with Gasteiger partial charge in [0.1, 0.15) is 0 Å². The summed E-state index contributed by atoms with van der Waals surface area (Å²) in [6.07, 6.45) is 12.2. The van der Waals surface area contributed by atoms with Crippen LogP contribution in [-0.2, 0) is 16.0 Å². The van der Waals surface area contributed by atoms with Gasteiger partial charge in [0, 0.05) is 5.25 Å². The molecular weight excluding hydrogens is 559 g/mol. The number of fused-ring (bicyclic) bond motifs is 1. The zero-order chi connectivity index (χ0) is 32.2. The Balaban J connectivity index is 0.000000265. The van der Waals surface area contributed by atoms with E-state index in [1.54, 1.807) is 0 Å². The number of thiol groups is 1. The van der Waals surface area contributed by atoms with Crippen LogP contribution in [0, 0.1) is 29.6 Å². The predicted molar refractivity (Wildman–Crippen MR) is 189 cm³/mol. The summed E-state index contributed by atoms with van der Waals surface area (Å²) < 4.78 is 0. The molecule has 3 aliphatic rings. The molecule has 1 N–H and O–H groups in total. The van der Waals surface area contributed by atoms with E-state index in [4.69, 9.17) is 12.6 Å². The topological polar surface area (TPSA) is 46.2 Å². The molecule has 3 atom stereocenters. The van der Waals surface area contributed by atoms with Gasteiger partial charge < -0.3 is 0 Å². The van der Waals surface area contributed by atoms with Gasteiger partial charge in [0.15, 0.2) is 0 Å². The lowest BCUT2D eigenvalue weighted by molar-refractivity contribution is -0.123. The molecule has 3 nitrogen and oxygen atoms in total. The molecule has 2 aromatic carbocycles. The van der Waals surface area contributed by atoms with Crippen LogP contribution in [0.4, 0.5) is 0 Å². The molecule has 1 aliphatic heterocycles. The van der Waals surface area contributed by atoms with Crippen LogP contribution in [0.25, 0.3) is 11.1 Å². The fourth-order valence-corrected chi connectivity index (χ4v) is 7.78. The molecule has 4 heteroatoms. The van der Waals surface area contributed by atoms with Gasteiger partial charge in [0.2, 0.25) is 0 Å². The first kappa shape index (κ1) is 34.0. The summed E-state index contributed by atoms with van der Waals surface area (Å²) in [4.78, 5) is 26.1. The van der Waals surface area contributed by atoms with E-state index in [1.807, 2.05) is 68.5 Å². The second-order valence-electron chi connectivity index (χ2n) is 14.8. The van der Waals surface area contributed by atoms with Crippen molar-refractivity contribution in [3.8, 4) is 0 Å². The van der Waals surface area contributed by atoms with Crippen LogP contribution in [0.1, 0.15) is 109 Å². The molecular formula is C40H53NO2S. The van der Waals surface area contributed by atoms with Crippen molar-refractivity contribution in [3.05, 3.63) is 94.1 Å². The normalized spacial score (nSPS) is 25.1. The molecule has 44 heavy (non-hydrogen) atoms. The number of carbonyl (C=O) groups is 2. The van der Waals surface area contributed by atoms with Crippen LogP contribution in [0.15, 0.2) is 71.8 Å². The predicted octanol–water partition coefficient (Wildman–Crippen LogP) is 9.95. The second kappa shape index (κ2) is 14.1. The van der Waals surface area contributed by atoms with Crippen LogP contribution in [0.3, 0.4) is 0 Å². The van der Waals surface area contributed by atoms with Gasteiger partial charge in [0.05, 0.1) is 11.1 Å². The molecule has 1 heterocycles. The molecule has 236 valence electrons. The number of benzene rings is 2. The minimum Gasteiger partial charge on any atom is -0.288 e. The molecule has 0 bridgehead atoms. The quantitative estimate of drug-likeness (QED) is 0.267. The van der Waals surface area contributed by atoms with Gasteiger partial charge in [-0.15, -0.1) is 0 Å². The van der Waals surface area contributed by atoms with Crippen molar-refractivity contribution >= 4 is 35.6 Å². The average molecular weight is 612 g/mol. The Morgan fingerprint density at radius 3 is 2.34 bits per heavy atom.